The van der Waals surface area contributed by atoms with E-state index in [1.807, 2.05) is 26.2 Å². The fourth-order valence-electron chi connectivity index (χ4n) is 1.38. The molecule has 0 fully saturated rings. The van der Waals surface area contributed by atoms with Gasteiger partial charge in [0.25, 0.3) is 0 Å². The lowest BCUT2D eigenvalue weighted by Gasteiger charge is -2.02. The van der Waals surface area contributed by atoms with Crippen LogP contribution in [0.25, 0.3) is 0 Å². The van der Waals surface area contributed by atoms with Crippen molar-refractivity contribution >= 4 is 5.69 Å². The molecule has 0 saturated carbocycles. The summed E-state index contributed by atoms with van der Waals surface area (Å²) < 4.78 is 1.79. The van der Waals surface area contributed by atoms with E-state index in [0.29, 0.717) is 6.54 Å². The van der Waals surface area contributed by atoms with Gasteiger partial charge >= 0.3 is 0 Å². The van der Waals surface area contributed by atoms with Gasteiger partial charge in [-0.3, -0.25) is 4.68 Å². The van der Waals surface area contributed by atoms with Crippen molar-refractivity contribution in [2.45, 2.75) is 13.5 Å². The van der Waals surface area contributed by atoms with E-state index in [4.69, 9.17) is 0 Å². The van der Waals surface area contributed by atoms with Crippen LogP contribution in [-0.4, -0.2) is 19.7 Å². The molecule has 0 aromatic carbocycles. The first-order valence-electron chi connectivity index (χ1n) is 4.75. The van der Waals surface area contributed by atoms with E-state index in [2.05, 4.69) is 20.4 Å². The van der Waals surface area contributed by atoms with Crippen LogP contribution in [0.15, 0.2) is 24.8 Å². The second-order valence-corrected chi connectivity index (χ2v) is 3.36. The Balaban J connectivity index is 2.02. The second kappa shape index (κ2) is 4.08. The highest BCUT2D eigenvalue weighted by Gasteiger charge is 2.01. The zero-order valence-corrected chi connectivity index (χ0v) is 8.81. The highest BCUT2D eigenvalue weighted by Crippen LogP contribution is 2.11. The summed E-state index contributed by atoms with van der Waals surface area (Å²) in [6.45, 7) is 2.66. The number of hydrogen-bond acceptors (Lipinski definition) is 4. The molecule has 1 N–H and O–H groups in total. The third kappa shape index (κ3) is 2.31. The molecule has 15 heavy (non-hydrogen) atoms. The van der Waals surface area contributed by atoms with Gasteiger partial charge in [0, 0.05) is 19.4 Å². The van der Waals surface area contributed by atoms with Gasteiger partial charge in [-0.2, -0.15) is 5.10 Å². The van der Waals surface area contributed by atoms with Crippen molar-refractivity contribution in [3.05, 3.63) is 36.2 Å². The lowest BCUT2D eigenvalue weighted by Crippen LogP contribution is -2.01. The molecule has 2 heterocycles. The van der Waals surface area contributed by atoms with E-state index in [-0.39, 0.29) is 0 Å². The van der Waals surface area contributed by atoms with E-state index in [9.17, 15) is 0 Å². The van der Waals surface area contributed by atoms with Crippen LogP contribution in [0, 0.1) is 6.92 Å². The standard InChI is InChI=1S/C10H13N5/c1-8-10(6-15(2)14-8)12-5-9-3-4-11-7-13-9/h3-4,6-7,12H,5H2,1-2H3. The molecule has 2 aromatic rings. The molecule has 0 bridgehead atoms. The van der Waals surface area contributed by atoms with Crippen LogP contribution in [0.1, 0.15) is 11.4 Å². The van der Waals surface area contributed by atoms with Gasteiger partial charge < -0.3 is 5.32 Å². The highest BCUT2D eigenvalue weighted by atomic mass is 15.3. The summed E-state index contributed by atoms with van der Waals surface area (Å²) in [6, 6.07) is 1.89. The Kier molecular flexibility index (Phi) is 2.62. The quantitative estimate of drug-likeness (QED) is 0.812. The molecule has 78 valence electrons. The second-order valence-electron chi connectivity index (χ2n) is 3.36. The maximum atomic E-state index is 4.24. The van der Waals surface area contributed by atoms with Gasteiger partial charge in [-0.25, -0.2) is 9.97 Å². The lowest BCUT2D eigenvalue weighted by molar-refractivity contribution is 0.756. The van der Waals surface area contributed by atoms with Crippen molar-refractivity contribution in [3.63, 3.8) is 0 Å². The largest absolute Gasteiger partial charge is 0.377 e. The fraction of sp³-hybridized carbons (Fsp3) is 0.300. The average Bonchev–Trinajstić information content (AvgIpc) is 2.56. The molecule has 0 aliphatic carbocycles. The smallest absolute Gasteiger partial charge is 0.115 e. The van der Waals surface area contributed by atoms with Gasteiger partial charge in [0.1, 0.15) is 6.33 Å². The first kappa shape index (κ1) is 9.64. The SMILES string of the molecule is Cc1nn(C)cc1NCc1ccncn1. The molecule has 0 amide bonds. The van der Waals surface area contributed by atoms with Crippen LogP contribution in [0.2, 0.25) is 0 Å². The summed E-state index contributed by atoms with van der Waals surface area (Å²) in [6.07, 6.45) is 5.24. The Hall–Kier alpha value is -1.91. The van der Waals surface area contributed by atoms with Crippen molar-refractivity contribution in [1.82, 2.24) is 19.7 Å². The van der Waals surface area contributed by atoms with E-state index in [1.165, 1.54) is 0 Å². The Labute approximate surface area is 88.2 Å². The van der Waals surface area contributed by atoms with Gasteiger partial charge in [0.05, 0.1) is 23.6 Å². The minimum atomic E-state index is 0.690. The van der Waals surface area contributed by atoms with Crippen molar-refractivity contribution in [1.29, 1.82) is 0 Å². The summed E-state index contributed by atoms with van der Waals surface area (Å²) in [5.41, 5.74) is 3.00. The first-order chi connectivity index (χ1) is 7.25. The normalized spacial score (nSPS) is 10.3. The lowest BCUT2D eigenvalue weighted by atomic mass is 10.3. The molecule has 0 spiro atoms. The molecule has 2 aromatic heterocycles. The number of rotatable bonds is 3. The van der Waals surface area contributed by atoms with E-state index in [1.54, 1.807) is 17.2 Å². The van der Waals surface area contributed by atoms with Crippen LogP contribution in [0.3, 0.4) is 0 Å². The first-order valence-corrected chi connectivity index (χ1v) is 4.75. The van der Waals surface area contributed by atoms with Gasteiger partial charge in [0.2, 0.25) is 0 Å². The number of nitrogens with zero attached hydrogens (tertiary/aromatic N) is 4. The summed E-state index contributed by atoms with van der Waals surface area (Å²) >= 11 is 0. The molecule has 0 radical (unpaired) electrons. The zero-order chi connectivity index (χ0) is 10.7. The van der Waals surface area contributed by atoms with Crippen molar-refractivity contribution in [3.8, 4) is 0 Å². The van der Waals surface area contributed by atoms with Crippen LogP contribution in [-0.2, 0) is 13.6 Å². The molecule has 0 aliphatic heterocycles. The molecule has 0 unspecified atom stereocenters. The predicted octanol–water partition coefficient (Wildman–Crippen LogP) is 1.13. The summed E-state index contributed by atoms with van der Waals surface area (Å²) in [4.78, 5) is 8.00. The monoisotopic (exact) mass is 203 g/mol. The Morgan fingerprint density at radius 1 is 1.47 bits per heavy atom. The number of aryl methyl sites for hydroxylation is 2. The average molecular weight is 203 g/mol. The van der Waals surface area contributed by atoms with Gasteiger partial charge in [-0.05, 0) is 13.0 Å². The Morgan fingerprint density at radius 2 is 2.33 bits per heavy atom. The minimum Gasteiger partial charge on any atom is -0.377 e. The molecular formula is C10H13N5. The topological polar surface area (TPSA) is 55.6 Å². The molecule has 2 rings (SSSR count). The van der Waals surface area contributed by atoms with Crippen molar-refractivity contribution in [2.75, 3.05) is 5.32 Å². The number of hydrogen-bond donors (Lipinski definition) is 1. The third-order valence-corrected chi connectivity index (χ3v) is 2.12. The molecule has 5 heteroatoms. The summed E-state index contributed by atoms with van der Waals surface area (Å²) in [5.74, 6) is 0. The molecule has 5 nitrogen and oxygen atoms in total. The van der Waals surface area contributed by atoms with E-state index >= 15 is 0 Å². The Bertz CT molecular complexity index is 434. The third-order valence-electron chi connectivity index (χ3n) is 2.12. The zero-order valence-electron chi connectivity index (χ0n) is 8.81. The van der Waals surface area contributed by atoms with Crippen LogP contribution in [0.4, 0.5) is 5.69 Å². The molecular weight excluding hydrogens is 190 g/mol. The summed E-state index contributed by atoms with van der Waals surface area (Å²) in [7, 11) is 1.91. The number of nitrogens with one attached hydrogen (secondary N) is 1. The maximum Gasteiger partial charge on any atom is 0.115 e. The Morgan fingerprint density at radius 3 is 2.93 bits per heavy atom. The predicted molar refractivity (Wildman–Crippen MR) is 57.3 cm³/mol. The van der Waals surface area contributed by atoms with Crippen LogP contribution in [0.5, 0.6) is 0 Å². The number of aromatic nitrogens is 4. The molecule has 0 saturated heterocycles. The van der Waals surface area contributed by atoms with Crippen molar-refractivity contribution < 1.29 is 0 Å². The van der Waals surface area contributed by atoms with E-state index < -0.39 is 0 Å². The van der Waals surface area contributed by atoms with Crippen molar-refractivity contribution in [2.24, 2.45) is 7.05 Å². The van der Waals surface area contributed by atoms with Gasteiger partial charge in [-0.1, -0.05) is 0 Å². The molecule has 0 aliphatic rings. The van der Waals surface area contributed by atoms with Crippen LogP contribution >= 0.6 is 0 Å². The van der Waals surface area contributed by atoms with Gasteiger partial charge in [0.15, 0.2) is 0 Å². The van der Waals surface area contributed by atoms with Gasteiger partial charge in [-0.15, -0.1) is 0 Å². The maximum absolute atomic E-state index is 4.24. The minimum absolute atomic E-state index is 0.690. The van der Waals surface area contributed by atoms with Crippen LogP contribution < -0.4 is 5.32 Å². The molecule has 0 atom stereocenters. The number of anilines is 1. The summed E-state index contributed by atoms with van der Waals surface area (Å²) in [5, 5.41) is 7.52. The van der Waals surface area contributed by atoms with E-state index in [0.717, 1.165) is 17.1 Å². The fourth-order valence-corrected chi connectivity index (χ4v) is 1.38. The highest BCUT2D eigenvalue weighted by molar-refractivity contribution is 5.45.